The van der Waals surface area contributed by atoms with Crippen molar-refractivity contribution >= 4 is 11.7 Å². The van der Waals surface area contributed by atoms with Crippen molar-refractivity contribution in [2.24, 2.45) is 0 Å². The van der Waals surface area contributed by atoms with Crippen LogP contribution >= 0.6 is 0 Å². The van der Waals surface area contributed by atoms with E-state index in [9.17, 15) is 4.79 Å². The second-order valence-electron chi connectivity index (χ2n) is 4.74. The van der Waals surface area contributed by atoms with Gasteiger partial charge in [-0.1, -0.05) is 11.2 Å². The van der Waals surface area contributed by atoms with Gasteiger partial charge in [-0.25, -0.2) is 0 Å². The van der Waals surface area contributed by atoms with Crippen LogP contribution in [-0.2, 0) is 4.79 Å². The summed E-state index contributed by atoms with van der Waals surface area (Å²) < 4.78 is 4.90. The predicted octanol–water partition coefficient (Wildman–Crippen LogP) is 0.725. The molecule has 2 rings (SSSR count). The number of carbonyl (C=O) groups is 1. The number of aromatic nitrogens is 1. The fourth-order valence-corrected chi connectivity index (χ4v) is 2.12. The summed E-state index contributed by atoms with van der Waals surface area (Å²) in [4.78, 5) is 16.3. The largest absolute Gasteiger partial charge is 0.360 e. The molecule has 0 aromatic carbocycles. The van der Waals surface area contributed by atoms with Crippen molar-refractivity contribution in [1.29, 1.82) is 0 Å². The molecule has 1 aromatic rings. The lowest BCUT2D eigenvalue weighted by molar-refractivity contribution is -0.117. The molecule has 6 nitrogen and oxygen atoms in total. The zero-order valence-electron chi connectivity index (χ0n) is 11.3. The smallest absolute Gasteiger partial charge is 0.239 e. The van der Waals surface area contributed by atoms with Crippen molar-refractivity contribution < 1.29 is 9.32 Å². The molecule has 0 radical (unpaired) electrons. The molecule has 1 saturated heterocycles. The van der Waals surface area contributed by atoms with Gasteiger partial charge in [0.2, 0.25) is 5.91 Å². The van der Waals surface area contributed by atoms with Crippen molar-refractivity contribution in [3.05, 3.63) is 24.5 Å². The summed E-state index contributed by atoms with van der Waals surface area (Å²) in [5.41, 5.74) is 0. The molecule has 1 N–H and O–H groups in total. The van der Waals surface area contributed by atoms with E-state index in [0.29, 0.717) is 18.1 Å². The van der Waals surface area contributed by atoms with E-state index in [4.69, 9.17) is 4.52 Å². The van der Waals surface area contributed by atoms with Crippen molar-refractivity contribution in [1.82, 2.24) is 15.0 Å². The van der Waals surface area contributed by atoms with E-state index in [1.807, 2.05) is 6.08 Å². The molecule has 19 heavy (non-hydrogen) atoms. The maximum atomic E-state index is 11.8. The maximum Gasteiger partial charge on any atom is 0.239 e. The van der Waals surface area contributed by atoms with E-state index < -0.39 is 0 Å². The summed E-state index contributed by atoms with van der Waals surface area (Å²) in [6.07, 6.45) is 1.91. The molecule has 1 aliphatic heterocycles. The number of hydrogen-bond acceptors (Lipinski definition) is 5. The first-order valence-electron chi connectivity index (χ1n) is 6.46. The van der Waals surface area contributed by atoms with Crippen LogP contribution in [-0.4, -0.2) is 60.1 Å². The SMILES string of the molecule is C=CCN1CCN(CC(=O)Nc2cc(C)on2)CC1. The second-order valence-corrected chi connectivity index (χ2v) is 4.74. The molecule has 0 aliphatic carbocycles. The highest BCUT2D eigenvalue weighted by Crippen LogP contribution is 2.07. The van der Waals surface area contributed by atoms with Gasteiger partial charge in [-0.3, -0.25) is 14.6 Å². The van der Waals surface area contributed by atoms with Crippen molar-refractivity contribution in [3.8, 4) is 0 Å². The van der Waals surface area contributed by atoms with Crippen LogP contribution in [0.1, 0.15) is 5.76 Å². The molecule has 0 unspecified atom stereocenters. The topological polar surface area (TPSA) is 61.6 Å². The summed E-state index contributed by atoms with van der Waals surface area (Å²) in [5, 5.41) is 6.47. The van der Waals surface area contributed by atoms with Crippen LogP contribution < -0.4 is 5.32 Å². The van der Waals surface area contributed by atoms with Crippen LogP contribution in [0.25, 0.3) is 0 Å². The van der Waals surface area contributed by atoms with Crippen LogP contribution in [0.3, 0.4) is 0 Å². The minimum atomic E-state index is -0.0505. The van der Waals surface area contributed by atoms with Gasteiger partial charge in [0.1, 0.15) is 5.76 Å². The highest BCUT2D eigenvalue weighted by molar-refractivity contribution is 5.91. The molecule has 1 aromatic heterocycles. The molecule has 0 saturated carbocycles. The van der Waals surface area contributed by atoms with Crippen molar-refractivity contribution in [2.45, 2.75) is 6.92 Å². The molecule has 2 heterocycles. The standard InChI is InChI=1S/C13H20N4O2/c1-3-4-16-5-7-17(8-6-16)10-13(18)14-12-9-11(2)19-15-12/h3,9H,1,4-8,10H2,2H3,(H,14,15,18). The van der Waals surface area contributed by atoms with Crippen LogP contribution in [0.2, 0.25) is 0 Å². The molecule has 6 heteroatoms. The first-order chi connectivity index (χ1) is 9.17. The number of nitrogens with one attached hydrogen (secondary N) is 1. The molecule has 104 valence electrons. The molecule has 0 bridgehead atoms. The monoisotopic (exact) mass is 264 g/mol. The second kappa shape index (κ2) is 6.49. The minimum absolute atomic E-state index is 0.0505. The van der Waals surface area contributed by atoms with E-state index in [1.54, 1.807) is 13.0 Å². The Morgan fingerprint density at radius 1 is 1.47 bits per heavy atom. The van der Waals surface area contributed by atoms with E-state index in [0.717, 1.165) is 32.7 Å². The van der Waals surface area contributed by atoms with Gasteiger partial charge in [0.05, 0.1) is 6.54 Å². The van der Waals surface area contributed by atoms with Crippen molar-refractivity contribution in [3.63, 3.8) is 0 Å². The van der Waals surface area contributed by atoms with E-state index in [2.05, 4.69) is 26.9 Å². The fraction of sp³-hybridized carbons (Fsp3) is 0.538. The Hall–Kier alpha value is -1.66. The zero-order chi connectivity index (χ0) is 13.7. The fourth-order valence-electron chi connectivity index (χ4n) is 2.12. The first-order valence-corrected chi connectivity index (χ1v) is 6.46. The summed E-state index contributed by atoms with van der Waals surface area (Å²) in [6, 6.07) is 1.71. The Bertz CT molecular complexity index is 436. The third-order valence-corrected chi connectivity index (χ3v) is 3.11. The number of hydrogen-bond donors (Lipinski definition) is 1. The number of nitrogens with zero attached hydrogens (tertiary/aromatic N) is 3. The van der Waals surface area contributed by atoms with Gasteiger partial charge in [0.15, 0.2) is 5.82 Å². The average Bonchev–Trinajstić information content (AvgIpc) is 2.77. The molecule has 0 atom stereocenters. The van der Waals surface area contributed by atoms with E-state index >= 15 is 0 Å². The lowest BCUT2D eigenvalue weighted by Gasteiger charge is -2.33. The lowest BCUT2D eigenvalue weighted by atomic mass is 10.3. The maximum absolute atomic E-state index is 11.8. The van der Waals surface area contributed by atoms with E-state index in [1.165, 1.54) is 0 Å². The van der Waals surface area contributed by atoms with Crippen LogP contribution in [0.5, 0.6) is 0 Å². The van der Waals surface area contributed by atoms with Gasteiger partial charge in [0.25, 0.3) is 0 Å². The number of anilines is 1. The Kier molecular flexibility index (Phi) is 4.70. The predicted molar refractivity (Wildman–Crippen MR) is 72.9 cm³/mol. The number of carbonyl (C=O) groups excluding carboxylic acids is 1. The van der Waals surface area contributed by atoms with E-state index in [-0.39, 0.29) is 5.91 Å². The van der Waals surface area contributed by atoms with Gasteiger partial charge in [-0.05, 0) is 6.92 Å². The van der Waals surface area contributed by atoms with Crippen LogP contribution in [0.4, 0.5) is 5.82 Å². The van der Waals surface area contributed by atoms with Gasteiger partial charge in [0, 0.05) is 38.8 Å². The van der Waals surface area contributed by atoms with Crippen LogP contribution in [0, 0.1) is 6.92 Å². The molecule has 1 fully saturated rings. The molecule has 1 aliphatic rings. The normalized spacial score (nSPS) is 17.3. The van der Waals surface area contributed by atoms with Crippen molar-refractivity contribution in [2.75, 3.05) is 44.6 Å². The van der Waals surface area contributed by atoms with Gasteiger partial charge < -0.3 is 9.84 Å². The number of piperazine rings is 1. The quantitative estimate of drug-likeness (QED) is 0.794. The Labute approximate surface area is 113 Å². The molecular formula is C13H20N4O2. The number of rotatable bonds is 5. The minimum Gasteiger partial charge on any atom is -0.360 e. The summed E-state index contributed by atoms with van der Waals surface area (Å²) >= 11 is 0. The van der Waals surface area contributed by atoms with Gasteiger partial charge >= 0.3 is 0 Å². The Morgan fingerprint density at radius 2 is 2.16 bits per heavy atom. The average molecular weight is 264 g/mol. The molecule has 0 spiro atoms. The third-order valence-electron chi connectivity index (χ3n) is 3.11. The zero-order valence-corrected chi connectivity index (χ0v) is 11.3. The number of aryl methyl sites for hydroxylation is 1. The number of amides is 1. The third kappa shape index (κ3) is 4.18. The highest BCUT2D eigenvalue weighted by Gasteiger charge is 2.18. The Morgan fingerprint density at radius 3 is 2.74 bits per heavy atom. The Balaban J connectivity index is 1.73. The highest BCUT2D eigenvalue weighted by atomic mass is 16.5. The first kappa shape index (κ1) is 13.8. The van der Waals surface area contributed by atoms with Crippen LogP contribution in [0.15, 0.2) is 23.2 Å². The summed E-state index contributed by atoms with van der Waals surface area (Å²) in [7, 11) is 0. The summed E-state index contributed by atoms with van der Waals surface area (Å²) in [5.74, 6) is 1.12. The molecular weight excluding hydrogens is 244 g/mol. The lowest BCUT2D eigenvalue weighted by Crippen LogP contribution is -2.48. The van der Waals surface area contributed by atoms with Gasteiger partial charge in [-0.15, -0.1) is 6.58 Å². The summed E-state index contributed by atoms with van der Waals surface area (Å²) in [6.45, 7) is 10.6. The molecule has 1 amide bonds. The van der Waals surface area contributed by atoms with Gasteiger partial charge in [-0.2, -0.15) is 0 Å².